The summed E-state index contributed by atoms with van der Waals surface area (Å²) in [6.45, 7) is 8.85. The van der Waals surface area contributed by atoms with E-state index in [0.717, 1.165) is 39.1 Å². The molecule has 0 aromatic rings. The summed E-state index contributed by atoms with van der Waals surface area (Å²) in [5.41, 5.74) is 0.350. The predicted molar refractivity (Wildman–Crippen MR) is 78.4 cm³/mol. The van der Waals surface area contributed by atoms with E-state index in [1.54, 1.807) is 0 Å². The van der Waals surface area contributed by atoms with Crippen molar-refractivity contribution in [2.24, 2.45) is 17.3 Å². The van der Waals surface area contributed by atoms with Gasteiger partial charge in [-0.1, -0.05) is 13.8 Å². The van der Waals surface area contributed by atoms with Crippen molar-refractivity contribution in [2.75, 3.05) is 32.8 Å². The van der Waals surface area contributed by atoms with Gasteiger partial charge < -0.3 is 15.0 Å². The van der Waals surface area contributed by atoms with Gasteiger partial charge in [0.25, 0.3) is 0 Å². The van der Waals surface area contributed by atoms with Crippen molar-refractivity contribution in [3.63, 3.8) is 0 Å². The molecule has 2 saturated heterocycles. The summed E-state index contributed by atoms with van der Waals surface area (Å²) in [5.74, 6) is 1.34. The molecule has 4 nitrogen and oxygen atoms in total. The molecule has 1 N–H and O–H groups in total. The Morgan fingerprint density at radius 3 is 2.85 bits per heavy atom. The average molecular weight is 280 g/mol. The average Bonchev–Trinajstić information content (AvgIpc) is 3.12. The molecule has 2 heterocycles. The molecule has 2 atom stereocenters. The molecule has 1 aliphatic carbocycles. The predicted octanol–water partition coefficient (Wildman–Crippen LogP) is 1.65. The van der Waals surface area contributed by atoms with Crippen LogP contribution in [0, 0.1) is 17.3 Å². The van der Waals surface area contributed by atoms with Crippen LogP contribution in [0.4, 0.5) is 0 Å². The molecule has 114 valence electrons. The lowest BCUT2D eigenvalue weighted by atomic mass is 9.91. The van der Waals surface area contributed by atoms with Crippen LogP contribution in [-0.4, -0.2) is 49.7 Å². The highest BCUT2D eigenvalue weighted by molar-refractivity contribution is 5.83. The lowest BCUT2D eigenvalue weighted by Gasteiger charge is -2.37. The number of hydrogen-bond donors (Lipinski definition) is 1. The maximum Gasteiger partial charge on any atom is 0.226 e. The van der Waals surface area contributed by atoms with Gasteiger partial charge >= 0.3 is 0 Å². The number of carbonyl (C=O) groups excluding carboxylic acids is 1. The molecule has 2 aliphatic heterocycles. The molecule has 1 amide bonds. The second-order valence-electron chi connectivity index (χ2n) is 7.26. The van der Waals surface area contributed by atoms with Crippen molar-refractivity contribution in [1.82, 2.24) is 10.2 Å². The molecule has 0 aromatic heterocycles. The Kier molecular flexibility index (Phi) is 4.04. The van der Waals surface area contributed by atoms with Crippen LogP contribution < -0.4 is 5.32 Å². The first-order chi connectivity index (χ1) is 9.62. The summed E-state index contributed by atoms with van der Waals surface area (Å²) in [5, 5.41) is 3.41. The van der Waals surface area contributed by atoms with Crippen LogP contribution >= 0.6 is 0 Å². The summed E-state index contributed by atoms with van der Waals surface area (Å²) >= 11 is 0. The van der Waals surface area contributed by atoms with Gasteiger partial charge in [0.2, 0.25) is 5.91 Å². The molecule has 3 aliphatic rings. The first-order valence-electron chi connectivity index (χ1n) is 8.21. The number of morpholine rings is 1. The molecular formula is C16H28N2O2. The topological polar surface area (TPSA) is 41.6 Å². The fourth-order valence-corrected chi connectivity index (χ4v) is 4.06. The van der Waals surface area contributed by atoms with Crippen molar-refractivity contribution in [1.29, 1.82) is 0 Å². The van der Waals surface area contributed by atoms with E-state index < -0.39 is 0 Å². The lowest BCUT2D eigenvalue weighted by molar-refractivity contribution is -0.143. The van der Waals surface area contributed by atoms with Crippen molar-refractivity contribution in [3.05, 3.63) is 0 Å². The maximum atomic E-state index is 12.9. The van der Waals surface area contributed by atoms with Gasteiger partial charge in [0.05, 0.1) is 19.3 Å². The third kappa shape index (κ3) is 2.73. The summed E-state index contributed by atoms with van der Waals surface area (Å²) in [6, 6.07) is 0.301. The van der Waals surface area contributed by atoms with Crippen LogP contribution in [0.5, 0.6) is 0 Å². The Balaban J connectivity index is 1.63. The zero-order valence-electron chi connectivity index (χ0n) is 12.9. The van der Waals surface area contributed by atoms with E-state index in [1.807, 2.05) is 0 Å². The molecule has 1 spiro atoms. The number of piperidine rings is 1. The van der Waals surface area contributed by atoms with E-state index in [2.05, 4.69) is 24.1 Å². The van der Waals surface area contributed by atoms with Gasteiger partial charge in [0.15, 0.2) is 0 Å². The highest BCUT2D eigenvalue weighted by Crippen LogP contribution is 2.59. The van der Waals surface area contributed by atoms with Crippen molar-refractivity contribution in [2.45, 2.75) is 45.6 Å². The number of nitrogens with one attached hydrogen (secondary N) is 1. The number of amides is 1. The van der Waals surface area contributed by atoms with E-state index in [1.165, 1.54) is 12.8 Å². The minimum Gasteiger partial charge on any atom is -0.377 e. The third-order valence-corrected chi connectivity index (χ3v) is 5.34. The molecule has 2 unspecified atom stereocenters. The van der Waals surface area contributed by atoms with E-state index in [0.29, 0.717) is 35.8 Å². The Morgan fingerprint density at radius 2 is 2.15 bits per heavy atom. The number of rotatable bonds is 3. The van der Waals surface area contributed by atoms with Gasteiger partial charge in [-0.3, -0.25) is 4.79 Å². The van der Waals surface area contributed by atoms with E-state index >= 15 is 0 Å². The van der Waals surface area contributed by atoms with Crippen molar-refractivity contribution in [3.8, 4) is 0 Å². The molecule has 0 bridgehead atoms. The Bertz CT molecular complexity index is 363. The number of carbonyl (C=O) groups is 1. The van der Waals surface area contributed by atoms with Crippen LogP contribution in [0.3, 0.4) is 0 Å². The van der Waals surface area contributed by atoms with Crippen molar-refractivity contribution >= 4 is 5.91 Å². The quantitative estimate of drug-likeness (QED) is 0.854. The minimum atomic E-state index is 0.301. The largest absolute Gasteiger partial charge is 0.377 e. The molecule has 3 rings (SSSR count). The van der Waals surface area contributed by atoms with Crippen molar-refractivity contribution < 1.29 is 9.53 Å². The zero-order chi connectivity index (χ0) is 14.2. The molecule has 1 saturated carbocycles. The van der Waals surface area contributed by atoms with E-state index in [4.69, 9.17) is 4.74 Å². The molecule has 4 heteroatoms. The monoisotopic (exact) mass is 280 g/mol. The number of nitrogens with zero attached hydrogens (tertiary/aromatic N) is 1. The fraction of sp³-hybridized carbons (Fsp3) is 0.938. The summed E-state index contributed by atoms with van der Waals surface area (Å²) in [7, 11) is 0. The normalized spacial score (nSPS) is 32.6. The Labute approximate surface area is 122 Å². The molecule has 0 aromatic carbocycles. The molecule has 20 heavy (non-hydrogen) atoms. The first-order valence-corrected chi connectivity index (χ1v) is 8.21. The number of ether oxygens (including phenoxy) is 1. The highest BCUT2D eigenvalue weighted by Gasteiger charge is 2.59. The molecular weight excluding hydrogens is 252 g/mol. The van der Waals surface area contributed by atoms with Gasteiger partial charge in [0, 0.05) is 12.5 Å². The van der Waals surface area contributed by atoms with Gasteiger partial charge in [-0.25, -0.2) is 0 Å². The number of hydrogen-bond acceptors (Lipinski definition) is 3. The van der Waals surface area contributed by atoms with Gasteiger partial charge in [-0.05, 0) is 50.1 Å². The highest BCUT2D eigenvalue weighted by atomic mass is 16.5. The summed E-state index contributed by atoms with van der Waals surface area (Å²) < 4.78 is 5.60. The Morgan fingerprint density at radius 1 is 1.40 bits per heavy atom. The lowest BCUT2D eigenvalue weighted by Crippen LogP contribution is -2.50. The van der Waals surface area contributed by atoms with E-state index in [-0.39, 0.29) is 0 Å². The smallest absolute Gasteiger partial charge is 0.226 e. The maximum absolute atomic E-state index is 12.9. The zero-order valence-corrected chi connectivity index (χ0v) is 12.9. The minimum absolute atomic E-state index is 0.301. The fourth-order valence-electron chi connectivity index (χ4n) is 4.06. The van der Waals surface area contributed by atoms with Crippen LogP contribution in [0.2, 0.25) is 0 Å². The second-order valence-corrected chi connectivity index (χ2v) is 7.26. The molecule has 3 fully saturated rings. The third-order valence-electron chi connectivity index (χ3n) is 5.34. The van der Waals surface area contributed by atoms with Crippen LogP contribution in [0.15, 0.2) is 0 Å². The van der Waals surface area contributed by atoms with E-state index in [9.17, 15) is 4.79 Å². The van der Waals surface area contributed by atoms with Gasteiger partial charge in [-0.2, -0.15) is 0 Å². The van der Waals surface area contributed by atoms with Crippen LogP contribution in [0.25, 0.3) is 0 Å². The van der Waals surface area contributed by atoms with Gasteiger partial charge in [-0.15, -0.1) is 0 Å². The standard InChI is InChI=1S/C16H28N2O2/c1-12(2)9-13-11-20-8-7-18(13)15(19)14-10-16(14)3-5-17-6-4-16/h12-14,17H,3-11H2,1-2H3. The second kappa shape index (κ2) is 5.64. The first kappa shape index (κ1) is 14.3. The van der Waals surface area contributed by atoms with Crippen LogP contribution in [-0.2, 0) is 9.53 Å². The van der Waals surface area contributed by atoms with Crippen LogP contribution in [0.1, 0.15) is 39.5 Å². The summed E-state index contributed by atoms with van der Waals surface area (Å²) in [4.78, 5) is 15.0. The summed E-state index contributed by atoms with van der Waals surface area (Å²) in [6.07, 6.45) is 4.55. The van der Waals surface area contributed by atoms with Gasteiger partial charge in [0.1, 0.15) is 0 Å². The SMILES string of the molecule is CC(C)CC1COCCN1C(=O)C1CC12CCNCC2. The molecule has 0 radical (unpaired) electrons. The Hall–Kier alpha value is -0.610.